The van der Waals surface area contributed by atoms with Crippen LogP contribution in [0.15, 0.2) is 0 Å². The highest BCUT2D eigenvalue weighted by Gasteiger charge is 2.28. The fraction of sp³-hybridized carbons (Fsp3) is 0.857. The Hall–Kier alpha value is -0.800. The van der Waals surface area contributed by atoms with Gasteiger partial charge in [0.1, 0.15) is 0 Å². The summed E-state index contributed by atoms with van der Waals surface area (Å²) in [6, 6.07) is -1.11. The largest absolute Gasteiger partial charge is 0.349 e. The summed E-state index contributed by atoms with van der Waals surface area (Å²) in [6.07, 6.45) is 0.866. The van der Waals surface area contributed by atoms with Gasteiger partial charge in [0.25, 0.3) is 5.92 Å². The molecule has 0 radical (unpaired) electrons. The third kappa shape index (κ3) is 6.64. The highest BCUT2D eigenvalue weighted by Crippen LogP contribution is 2.08. The lowest BCUT2D eigenvalue weighted by Crippen LogP contribution is -2.49. The van der Waals surface area contributed by atoms with E-state index in [4.69, 9.17) is 5.73 Å². The highest BCUT2D eigenvalue weighted by atomic mass is 32.2. The number of amides is 1. The summed E-state index contributed by atoms with van der Waals surface area (Å²) < 4.78 is 48.7. The average molecular weight is 259 g/mol. The van der Waals surface area contributed by atoms with Crippen LogP contribution in [0.4, 0.5) is 8.78 Å². The van der Waals surface area contributed by atoms with Crippen LogP contribution in [0.25, 0.3) is 0 Å². The van der Waals surface area contributed by atoms with Gasteiger partial charge in [0, 0.05) is 0 Å². The normalized spacial score (nSPS) is 14.6. The maximum absolute atomic E-state index is 12.6. The molecule has 0 bridgehead atoms. The van der Waals surface area contributed by atoms with E-state index in [1.165, 1.54) is 6.92 Å². The average Bonchev–Trinajstić information content (AvgIpc) is 2.11. The molecule has 0 fully saturated rings. The van der Waals surface area contributed by atoms with Gasteiger partial charge >= 0.3 is 0 Å². The van der Waals surface area contributed by atoms with Gasteiger partial charge in [0.2, 0.25) is 15.9 Å². The van der Waals surface area contributed by atoms with Crippen molar-refractivity contribution in [2.45, 2.75) is 18.9 Å². The molecule has 0 spiro atoms. The summed E-state index contributed by atoms with van der Waals surface area (Å²) >= 11 is 0. The highest BCUT2D eigenvalue weighted by molar-refractivity contribution is 7.88. The van der Waals surface area contributed by atoms with Gasteiger partial charge in [-0.25, -0.2) is 21.9 Å². The van der Waals surface area contributed by atoms with Crippen LogP contribution >= 0.6 is 0 Å². The first-order valence-corrected chi connectivity index (χ1v) is 6.29. The summed E-state index contributed by atoms with van der Waals surface area (Å²) in [6.45, 7) is -0.559. The fourth-order valence-corrected chi connectivity index (χ4v) is 1.57. The first-order chi connectivity index (χ1) is 7.07. The van der Waals surface area contributed by atoms with Gasteiger partial charge in [-0.3, -0.25) is 4.79 Å². The number of nitrogens with one attached hydrogen (secondary N) is 2. The lowest BCUT2D eigenvalue weighted by Gasteiger charge is -2.17. The van der Waals surface area contributed by atoms with Gasteiger partial charge < -0.3 is 11.1 Å². The van der Waals surface area contributed by atoms with Crippen molar-refractivity contribution in [1.29, 1.82) is 0 Å². The van der Waals surface area contributed by atoms with Gasteiger partial charge in [-0.15, -0.1) is 0 Å². The van der Waals surface area contributed by atoms with Crippen molar-refractivity contribution in [1.82, 2.24) is 10.0 Å². The minimum atomic E-state index is -3.55. The molecule has 0 aliphatic heterocycles. The van der Waals surface area contributed by atoms with Crippen LogP contribution in [0, 0.1) is 0 Å². The third-order valence-corrected chi connectivity index (χ3v) is 2.39. The second kappa shape index (κ2) is 5.51. The second-order valence-electron chi connectivity index (χ2n) is 3.39. The van der Waals surface area contributed by atoms with Crippen LogP contribution in [-0.2, 0) is 14.8 Å². The molecule has 1 atom stereocenters. The molecule has 0 heterocycles. The molecule has 0 aromatic heterocycles. The van der Waals surface area contributed by atoms with E-state index in [1.54, 1.807) is 0 Å². The number of sulfonamides is 1. The molecule has 4 N–H and O–H groups in total. The van der Waals surface area contributed by atoms with Crippen molar-refractivity contribution in [3.05, 3.63) is 0 Å². The Morgan fingerprint density at radius 3 is 2.38 bits per heavy atom. The molecule has 0 aromatic rings. The van der Waals surface area contributed by atoms with Gasteiger partial charge in [-0.05, 0) is 6.92 Å². The number of rotatable bonds is 6. The van der Waals surface area contributed by atoms with E-state index in [2.05, 4.69) is 0 Å². The minimum absolute atomic E-state index is 0.835. The molecule has 96 valence electrons. The zero-order valence-corrected chi connectivity index (χ0v) is 9.77. The summed E-state index contributed by atoms with van der Waals surface area (Å²) in [5.74, 6) is -4.03. The fourth-order valence-electron chi connectivity index (χ4n) is 0.816. The molecule has 1 unspecified atom stereocenters. The summed E-state index contributed by atoms with van der Waals surface area (Å²) in [5.41, 5.74) is 4.76. The number of hydrogen-bond acceptors (Lipinski definition) is 4. The van der Waals surface area contributed by atoms with E-state index in [0.29, 0.717) is 0 Å². The Bertz CT molecular complexity index is 345. The molecular formula is C7H15F2N3O3S. The zero-order valence-electron chi connectivity index (χ0n) is 8.96. The molecule has 6 nitrogen and oxygen atoms in total. The van der Waals surface area contributed by atoms with Gasteiger partial charge in [-0.1, -0.05) is 0 Å². The maximum atomic E-state index is 12.6. The van der Waals surface area contributed by atoms with Crippen molar-refractivity contribution < 1.29 is 22.0 Å². The van der Waals surface area contributed by atoms with Crippen molar-refractivity contribution >= 4 is 15.9 Å². The number of halogens is 2. The van der Waals surface area contributed by atoms with E-state index < -0.39 is 41.0 Å². The quantitative estimate of drug-likeness (QED) is 0.548. The Labute approximate surface area is 92.6 Å². The lowest BCUT2D eigenvalue weighted by atomic mass is 10.3. The molecule has 0 saturated heterocycles. The Morgan fingerprint density at radius 1 is 1.50 bits per heavy atom. The number of alkyl halides is 2. The molecular weight excluding hydrogens is 244 g/mol. The van der Waals surface area contributed by atoms with Crippen LogP contribution in [-0.4, -0.2) is 45.6 Å². The second-order valence-corrected chi connectivity index (χ2v) is 5.17. The minimum Gasteiger partial charge on any atom is -0.349 e. The van der Waals surface area contributed by atoms with Crippen molar-refractivity contribution in [3.8, 4) is 0 Å². The van der Waals surface area contributed by atoms with E-state index in [0.717, 1.165) is 6.26 Å². The van der Waals surface area contributed by atoms with Gasteiger partial charge in [-0.2, -0.15) is 0 Å². The van der Waals surface area contributed by atoms with E-state index in [9.17, 15) is 22.0 Å². The van der Waals surface area contributed by atoms with Gasteiger partial charge in [0.15, 0.2) is 0 Å². The van der Waals surface area contributed by atoms with Crippen molar-refractivity contribution in [2.24, 2.45) is 5.73 Å². The standard InChI is InChI=1S/C7H15F2N3O3S/c1-5(12-16(2,14)15)6(13)11-4-7(8,9)3-10/h5,12H,3-4,10H2,1-2H3,(H,11,13). The Balaban J connectivity index is 4.18. The van der Waals surface area contributed by atoms with Crippen molar-refractivity contribution in [2.75, 3.05) is 19.3 Å². The monoisotopic (exact) mass is 259 g/mol. The molecule has 9 heteroatoms. The van der Waals surface area contributed by atoms with Crippen LogP contribution in [0.2, 0.25) is 0 Å². The Morgan fingerprint density at radius 2 is 2.00 bits per heavy atom. The molecule has 0 rings (SSSR count). The topological polar surface area (TPSA) is 101 Å². The summed E-state index contributed by atoms with van der Waals surface area (Å²) in [5, 5.41) is 1.90. The predicted molar refractivity (Wildman–Crippen MR) is 54.5 cm³/mol. The SMILES string of the molecule is CC(NS(C)(=O)=O)C(=O)NCC(F)(F)CN. The first-order valence-electron chi connectivity index (χ1n) is 4.40. The lowest BCUT2D eigenvalue weighted by molar-refractivity contribution is -0.124. The molecule has 0 aliphatic rings. The first kappa shape index (κ1) is 15.2. The number of hydrogen-bond donors (Lipinski definition) is 3. The van der Waals surface area contributed by atoms with E-state index in [1.807, 2.05) is 10.0 Å². The van der Waals surface area contributed by atoms with Crippen LogP contribution < -0.4 is 15.8 Å². The number of nitrogens with two attached hydrogens (primary N) is 1. The number of carbonyl (C=O) groups excluding carboxylic acids is 1. The van der Waals surface area contributed by atoms with Crippen LogP contribution in [0.1, 0.15) is 6.92 Å². The Kier molecular flexibility index (Phi) is 5.23. The van der Waals surface area contributed by atoms with Crippen LogP contribution in [0.3, 0.4) is 0 Å². The molecule has 0 saturated carbocycles. The molecule has 1 amide bonds. The number of carbonyl (C=O) groups is 1. The van der Waals surface area contributed by atoms with Crippen molar-refractivity contribution in [3.63, 3.8) is 0 Å². The zero-order chi connectivity index (χ0) is 13.0. The summed E-state index contributed by atoms with van der Waals surface area (Å²) in [4.78, 5) is 11.2. The van der Waals surface area contributed by atoms with E-state index in [-0.39, 0.29) is 0 Å². The van der Waals surface area contributed by atoms with E-state index >= 15 is 0 Å². The van der Waals surface area contributed by atoms with Crippen LogP contribution in [0.5, 0.6) is 0 Å². The molecule has 0 aliphatic carbocycles. The third-order valence-electron chi connectivity index (χ3n) is 1.60. The van der Waals surface area contributed by atoms with Gasteiger partial charge in [0.05, 0.1) is 25.4 Å². The summed E-state index contributed by atoms with van der Waals surface area (Å²) in [7, 11) is -3.55. The smallest absolute Gasteiger partial charge is 0.277 e. The predicted octanol–water partition coefficient (Wildman–Crippen LogP) is -1.37. The maximum Gasteiger partial charge on any atom is 0.277 e. The molecule has 16 heavy (non-hydrogen) atoms. The molecule has 0 aromatic carbocycles.